The molecule has 0 saturated heterocycles. The fourth-order valence-electron chi connectivity index (χ4n) is 4.86. The van der Waals surface area contributed by atoms with Gasteiger partial charge in [0.05, 0.1) is 22.8 Å². The molecule has 1 aromatic heterocycles. The summed E-state index contributed by atoms with van der Waals surface area (Å²) >= 11 is 1.82. The summed E-state index contributed by atoms with van der Waals surface area (Å²) < 4.78 is 0. The van der Waals surface area contributed by atoms with Crippen molar-refractivity contribution in [2.24, 2.45) is 0 Å². The molecule has 0 amide bonds. The van der Waals surface area contributed by atoms with Gasteiger partial charge in [-0.3, -0.25) is 0 Å². The Morgan fingerprint density at radius 1 is 0.447 bits per heavy atom. The summed E-state index contributed by atoms with van der Waals surface area (Å²) in [6.07, 6.45) is 0. The highest BCUT2D eigenvalue weighted by Crippen LogP contribution is 2.51. The number of aromatic nitrogens is 2. The third kappa shape index (κ3) is 4.15. The predicted octanol–water partition coefficient (Wildman–Crippen LogP) is 9.41. The van der Waals surface area contributed by atoms with Crippen LogP contribution in [0, 0.1) is 0 Å². The molecule has 3 nitrogen and oxygen atoms in total. The van der Waals surface area contributed by atoms with E-state index in [0.717, 1.165) is 39.6 Å². The first kappa shape index (κ1) is 22.5. The van der Waals surface area contributed by atoms with E-state index in [1.807, 2.05) is 48.2 Å². The molecule has 0 aliphatic carbocycles. The highest BCUT2D eigenvalue weighted by Gasteiger charge is 2.24. The van der Waals surface area contributed by atoms with Crippen molar-refractivity contribution < 1.29 is 0 Å². The van der Waals surface area contributed by atoms with Crippen LogP contribution in [-0.2, 0) is 0 Å². The fourth-order valence-corrected chi connectivity index (χ4v) is 5.91. The second kappa shape index (κ2) is 9.66. The van der Waals surface area contributed by atoms with Gasteiger partial charge in [-0.2, -0.15) is 0 Å². The monoisotopic (exact) mass is 505 g/mol. The van der Waals surface area contributed by atoms with Gasteiger partial charge in [0, 0.05) is 32.2 Å². The van der Waals surface area contributed by atoms with E-state index in [-0.39, 0.29) is 0 Å². The van der Waals surface area contributed by atoms with Crippen molar-refractivity contribution in [1.82, 2.24) is 9.97 Å². The van der Waals surface area contributed by atoms with Gasteiger partial charge in [-0.25, -0.2) is 9.97 Å². The van der Waals surface area contributed by atoms with Gasteiger partial charge in [-0.15, -0.1) is 0 Å². The Hall–Kier alpha value is -4.67. The van der Waals surface area contributed by atoms with E-state index in [4.69, 9.17) is 9.97 Å². The van der Waals surface area contributed by atoms with E-state index in [9.17, 15) is 0 Å². The van der Waals surface area contributed by atoms with E-state index in [1.165, 1.54) is 21.2 Å². The maximum Gasteiger partial charge on any atom is 0.160 e. The summed E-state index contributed by atoms with van der Waals surface area (Å²) in [5.74, 6) is 0.720. The largest absolute Gasteiger partial charge is 0.308 e. The maximum absolute atomic E-state index is 5.04. The second-order valence-corrected chi connectivity index (χ2v) is 10.2. The molecule has 38 heavy (non-hydrogen) atoms. The van der Waals surface area contributed by atoms with Crippen LogP contribution < -0.4 is 4.90 Å². The lowest BCUT2D eigenvalue weighted by Crippen LogP contribution is -2.14. The van der Waals surface area contributed by atoms with Gasteiger partial charge in [-0.1, -0.05) is 109 Å². The predicted molar refractivity (Wildman–Crippen MR) is 157 cm³/mol. The minimum atomic E-state index is 0.720. The summed E-state index contributed by atoms with van der Waals surface area (Å²) in [5.41, 5.74) is 8.39. The molecule has 0 radical (unpaired) electrons. The van der Waals surface area contributed by atoms with E-state index in [2.05, 4.69) is 108 Å². The van der Waals surface area contributed by atoms with Crippen LogP contribution in [0.1, 0.15) is 0 Å². The van der Waals surface area contributed by atoms with Crippen molar-refractivity contribution in [1.29, 1.82) is 0 Å². The molecule has 4 heteroatoms. The lowest BCUT2D eigenvalue weighted by Gasteiger charge is -2.33. The Bertz CT molecular complexity index is 1650. The van der Waals surface area contributed by atoms with E-state index in [1.54, 1.807) is 0 Å². The van der Waals surface area contributed by atoms with E-state index < -0.39 is 0 Å². The van der Waals surface area contributed by atoms with E-state index in [0.29, 0.717) is 0 Å². The molecule has 0 bridgehead atoms. The lowest BCUT2D eigenvalue weighted by molar-refractivity contribution is 1.16. The first-order chi connectivity index (χ1) is 18.8. The lowest BCUT2D eigenvalue weighted by atomic mass is 10.1. The highest BCUT2D eigenvalue weighted by atomic mass is 32.2. The van der Waals surface area contributed by atoms with Gasteiger partial charge < -0.3 is 4.90 Å². The summed E-state index contributed by atoms with van der Waals surface area (Å²) in [4.78, 5) is 14.8. The van der Waals surface area contributed by atoms with Crippen molar-refractivity contribution in [3.8, 4) is 33.9 Å². The van der Waals surface area contributed by atoms with Crippen molar-refractivity contribution >= 4 is 28.8 Å². The minimum absolute atomic E-state index is 0.720. The molecular weight excluding hydrogens is 482 g/mol. The number of hydrogen-bond donors (Lipinski definition) is 0. The summed E-state index contributed by atoms with van der Waals surface area (Å²) in [6.45, 7) is 0. The smallest absolute Gasteiger partial charge is 0.160 e. The number of fused-ring (bicyclic) bond motifs is 2. The zero-order valence-corrected chi connectivity index (χ0v) is 21.3. The molecule has 5 aromatic carbocycles. The van der Waals surface area contributed by atoms with Crippen LogP contribution in [0.4, 0.5) is 17.1 Å². The molecule has 7 rings (SSSR count). The summed E-state index contributed by atoms with van der Waals surface area (Å²) in [6, 6.07) is 48.4. The highest BCUT2D eigenvalue weighted by molar-refractivity contribution is 7.99. The summed E-state index contributed by atoms with van der Waals surface area (Å²) in [5, 5.41) is 0. The Balaban J connectivity index is 1.39. The molecule has 1 aliphatic heterocycles. The first-order valence-electron chi connectivity index (χ1n) is 12.6. The van der Waals surface area contributed by atoms with Crippen molar-refractivity contribution in [3.63, 3.8) is 0 Å². The number of rotatable bonds is 4. The Labute approximate surface area is 226 Å². The average molecular weight is 506 g/mol. The van der Waals surface area contributed by atoms with Crippen LogP contribution in [0.5, 0.6) is 0 Å². The van der Waals surface area contributed by atoms with Gasteiger partial charge >= 0.3 is 0 Å². The maximum atomic E-state index is 5.04. The van der Waals surface area contributed by atoms with Gasteiger partial charge in [-0.05, 0) is 42.5 Å². The Morgan fingerprint density at radius 3 is 1.63 bits per heavy atom. The third-order valence-electron chi connectivity index (χ3n) is 6.66. The molecule has 0 atom stereocenters. The first-order valence-corrected chi connectivity index (χ1v) is 13.4. The molecule has 0 fully saturated rings. The Kier molecular flexibility index (Phi) is 5.72. The molecule has 1 aliphatic rings. The third-order valence-corrected chi connectivity index (χ3v) is 7.79. The molecule has 0 unspecified atom stereocenters. The van der Waals surface area contributed by atoms with Crippen LogP contribution in [-0.4, -0.2) is 9.97 Å². The molecular formula is C34H23N3S. The molecule has 0 saturated carbocycles. The molecule has 0 spiro atoms. The van der Waals surface area contributed by atoms with Gasteiger partial charge in [0.2, 0.25) is 0 Å². The molecule has 2 heterocycles. The van der Waals surface area contributed by atoms with Gasteiger partial charge in [0.15, 0.2) is 5.82 Å². The van der Waals surface area contributed by atoms with Crippen LogP contribution in [0.2, 0.25) is 0 Å². The second-order valence-electron chi connectivity index (χ2n) is 9.12. The fraction of sp³-hybridized carbons (Fsp3) is 0. The number of hydrogen-bond acceptors (Lipinski definition) is 4. The molecule has 6 aromatic rings. The number of para-hydroxylation sites is 2. The molecule has 0 N–H and O–H groups in total. The van der Waals surface area contributed by atoms with Crippen LogP contribution >= 0.6 is 11.8 Å². The standard InChI is InChI=1S/C34H23N3S/c1-3-12-24(13-4-1)28-23-29(36-34(35-28)25-14-5-2-6-15-25)26-16-11-17-27(22-26)37-30-18-7-9-20-32(30)38-33-21-10-8-19-31(33)37/h1-23H. The molecule has 180 valence electrons. The van der Waals surface area contributed by atoms with Gasteiger partial charge in [0.1, 0.15) is 0 Å². The quantitative estimate of drug-likeness (QED) is 0.238. The van der Waals surface area contributed by atoms with Crippen LogP contribution in [0.15, 0.2) is 149 Å². The topological polar surface area (TPSA) is 29.0 Å². The number of benzene rings is 5. The number of nitrogens with zero attached hydrogens (tertiary/aromatic N) is 3. The number of anilines is 3. The van der Waals surface area contributed by atoms with Gasteiger partial charge in [0.25, 0.3) is 0 Å². The van der Waals surface area contributed by atoms with Crippen molar-refractivity contribution in [2.45, 2.75) is 9.79 Å². The summed E-state index contributed by atoms with van der Waals surface area (Å²) in [7, 11) is 0. The zero-order valence-electron chi connectivity index (χ0n) is 20.5. The average Bonchev–Trinajstić information content (AvgIpc) is 3.00. The normalized spacial score (nSPS) is 12.1. The van der Waals surface area contributed by atoms with E-state index >= 15 is 0 Å². The van der Waals surface area contributed by atoms with Crippen LogP contribution in [0.3, 0.4) is 0 Å². The van der Waals surface area contributed by atoms with Crippen molar-refractivity contribution in [2.75, 3.05) is 4.90 Å². The zero-order chi connectivity index (χ0) is 25.3. The van der Waals surface area contributed by atoms with Crippen LogP contribution in [0.25, 0.3) is 33.9 Å². The van der Waals surface area contributed by atoms with Crippen molar-refractivity contribution in [3.05, 3.63) is 140 Å². The minimum Gasteiger partial charge on any atom is -0.308 e. The Morgan fingerprint density at radius 2 is 0.974 bits per heavy atom. The SMILES string of the molecule is c1ccc(-c2cc(-c3cccc(N4c5ccccc5Sc5ccccc54)c3)nc(-c3ccccc3)n2)cc1.